The van der Waals surface area contributed by atoms with Gasteiger partial charge in [0.15, 0.2) is 12.6 Å². The lowest BCUT2D eigenvalue weighted by Crippen LogP contribution is -2.44. The second kappa shape index (κ2) is 7.12. The van der Waals surface area contributed by atoms with Crippen LogP contribution in [0.3, 0.4) is 0 Å². The van der Waals surface area contributed by atoms with Crippen LogP contribution in [0.2, 0.25) is 0 Å². The van der Waals surface area contributed by atoms with Crippen LogP contribution >= 0.6 is 0 Å². The molecule has 1 atom stereocenters. The average molecular weight is 267 g/mol. The van der Waals surface area contributed by atoms with Gasteiger partial charge in [0.1, 0.15) is 0 Å². The number of hydrogen-bond acceptors (Lipinski definition) is 5. The van der Waals surface area contributed by atoms with Crippen LogP contribution in [-0.2, 0) is 14.3 Å². The fourth-order valence-corrected chi connectivity index (χ4v) is 1.24. The van der Waals surface area contributed by atoms with Gasteiger partial charge < -0.3 is 20.3 Å². The van der Waals surface area contributed by atoms with E-state index in [4.69, 9.17) is 10.2 Å². The number of carboxylic acid groups (broad SMARTS) is 1. The second-order valence-corrected chi connectivity index (χ2v) is 3.58. The van der Waals surface area contributed by atoms with Crippen molar-refractivity contribution >= 4 is 17.8 Å². The molecule has 0 spiro atoms. The van der Waals surface area contributed by atoms with Gasteiger partial charge in [-0.3, -0.25) is 4.79 Å². The van der Waals surface area contributed by atoms with Crippen LogP contribution in [-0.4, -0.2) is 47.3 Å². The highest BCUT2D eigenvalue weighted by molar-refractivity contribution is 5.96. The molecule has 0 unspecified atom stereocenters. The number of carbonyl (C=O) groups excluding carboxylic acids is 2. The molecule has 3 N–H and O–H groups in total. The van der Waals surface area contributed by atoms with Crippen molar-refractivity contribution in [2.45, 2.75) is 6.04 Å². The number of rotatable bonds is 6. The molecule has 0 fully saturated rings. The van der Waals surface area contributed by atoms with Crippen molar-refractivity contribution < 1.29 is 29.3 Å². The second-order valence-electron chi connectivity index (χ2n) is 3.58. The number of nitrogens with one attached hydrogen (secondary N) is 1. The highest BCUT2D eigenvalue weighted by Crippen LogP contribution is 1.99. The molecular weight excluding hydrogens is 254 g/mol. The fraction of sp³-hybridized carbons (Fsp3) is 0.250. The minimum absolute atomic E-state index is 0.312. The van der Waals surface area contributed by atoms with Crippen LogP contribution in [0.4, 0.5) is 0 Å². The van der Waals surface area contributed by atoms with E-state index in [1.54, 1.807) is 18.2 Å². The fourth-order valence-electron chi connectivity index (χ4n) is 1.24. The summed E-state index contributed by atoms with van der Waals surface area (Å²) in [5.74, 6) is -2.89. The summed E-state index contributed by atoms with van der Waals surface area (Å²) in [5.41, 5.74) is 0.312. The Balaban J connectivity index is 2.59. The smallest absolute Gasteiger partial charge is 0.341 e. The number of hydrogen-bond donors (Lipinski definition) is 3. The van der Waals surface area contributed by atoms with E-state index >= 15 is 0 Å². The molecule has 1 aromatic carbocycles. The summed E-state index contributed by atoms with van der Waals surface area (Å²) >= 11 is 0. The summed E-state index contributed by atoms with van der Waals surface area (Å²) in [6.07, 6.45) is 0. The van der Waals surface area contributed by atoms with Gasteiger partial charge in [0, 0.05) is 5.56 Å². The molecule has 0 aliphatic heterocycles. The van der Waals surface area contributed by atoms with Crippen molar-refractivity contribution in [3.8, 4) is 0 Å². The van der Waals surface area contributed by atoms with Crippen molar-refractivity contribution in [1.29, 1.82) is 0 Å². The molecule has 0 saturated carbocycles. The molecule has 0 aromatic heterocycles. The Bertz CT molecular complexity index is 459. The Morgan fingerprint density at radius 1 is 1.21 bits per heavy atom. The third-order valence-electron chi connectivity index (χ3n) is 2.15. The SMILES string of the molecule is O=C(O)COC(=O)[C@H](CO)NC(=O)c1ccccc1. The Kier molecular flexibility index (Phi) is 5.49. The molecule has 102 valence electrons. The minimum Gasteiger partial charge on any atom is -0.479 e. The molecular formula is C12H13NO6. The van der Waals surface area contributed by atoms with Crippen molar-refractivity contribution in [2.75, 3.05) is 13.2 Å². The molecule has 0 aliphatic rings. The number of carbonyl (C=O) groups is 3. The number of carboxylic acids is 1. The van der Waals surface area contributed by atoms with E-state index in [0.717, 1.165) is 0 Å². The molecule has 0 bridgehead atoms. The molecule has 1 rings (SSSR count). The zero-order chi connectivity index (χ0) is 14.3. The number of amides is 1. The largest absolute Gasteiger partial charge is 0.479 e. The van der Waals surface area contributed by atoms with Crippen LogP contribution < -0.4 is 5.32 Å². The number of aliphatic carboxylic acids is 1. The van der Waals surface area contributed by atoms with Crippen molar-refractivity contribution in [3.63, 3.8) is 0 Å². The van der Waals surface area contributed by atoms with E-state index in [9.17, 15) is 14.4 Å². The summed E-state index contributed by atoms with van der Waals surface area (Å²) < 4.78 is 4.38. The van der Waals surface area contributed by atoms with Crippen LogP contribution in [0.1, 0.15) is 10.4 Å². The maximum atomic E-state index is 11.7. The van der Waals surface area contributed by atoms with Crippen molar-refractivity contribution in [3.05, 3.63) is 35.9 Å². The van der Waals surface area contributed by atoms with Gasteiger partial charge >= 0.3 is 11.9 Å². The number of ether oxygens (including phenoxy) is 1. The van der Waals surface area contributed by atoms with Gasteiger partial charge in [0.25, 0.3) is 5.91 Å². The van der Waals surface area contributed by atoms with Gasteiger partial charge in [-0.2, -0.15) is 0 Å². The molecule has 0 aliphatic carbocycles. The number of aliphatic hydroxyl groups excluding tert-OH is 1. The maximum Gasteiger partial charge on any atom is 0.341 e. The Morgan fingerprint density at radius 2 is 1.84 bits per heavy atom. The molecule has 0 radical (unpaired) electrons. The molecule has 0 saturated heterocycles. The van der Waals surface area contributed by atoms with Gasteiger partial charge in [0.2, 0.25) is 0 Å². The lowest BCUT2D eigenvalue weighted by atomic mass is 10.2. The van der Waals surface area contributed by atoms with E-state index in [1.165, 1.54) is 12.1 Å². The van der Waals surface area contributed by atoms with Gasteiger partial charge in [-0.25, -0.2) is 9.59 Å². The Hall–Kier alpha value is -2.41. The van der Waals surface area contributed by atoms with Gasteiger partial charge in [-0.1, -0.05) is 18.2 Å². The van der Waals surface area contributed by atoms with Gasteiger partial charge in [0.05, 0.1) is 6.61 Å². The first kappa shape index (κ1) is 14.7. The van der Waals surface area contributed by atoms with E-state index in [1.807, 2.05) is 0 Å². The van der Waals surface area contributed by atoms with Crippen molar-refractivity contribution in [2.24, 2.45) is 0 Å². The molecule has 0 heterocycles. The maximum absolute atomic E-state index is 11.7. The quantitative estimate of drug-likeness (QED) is 0.593. The number of esters is 1. The van der Waals surface area contributed by atoms with Gasteiger partial charge in [-0.05, 0) is 12.1 Å². The summed E-state index contributed by atoms with van der Waals surface area (Å²) in [6, 6.07) is 6.78. The van der Waals surface area contributed by atoms with Crippen LogP contribution in [0, 0.1) is 0 Å². The van der Waals surface area contributed by atoms with Crippen LogP contribution in [0.5, 0.6) is 0 Å². The number of benzene rings is 1. The molecule has 19 heavy (non-hydrogen) atoms. The summed E-state index contributed by atoms with van der Waals surface area (Å²) in [7, 11) is 0. The van der Waals surface area contributed by atoms with E-state index in [-0.39, 0.29) is 0 Å². The zero-order valence-corrected chi connectivity index (χ0v) is 9.91. The first-order chi connectivity index (χ1) is 9.04. The third kappa shape index (κ3) is 4.76. The Morgan fingerprint density at radius 3 is 2.37 bits per heavy atom. The van der Waals surface area contributed by atoms with E-state index in [0.29, 0.717) is 5.56 Å². The standard InChI is InChI=1S/C12H13NO6/c14-6-9(12(18)19-7-10(15)16)13-11(17)8-4-2-1-3-5-8/h1-5,9,14H,6-7H2,(H,13,17)(H,15,16)/t9-/m0/s1. The van der Waals surface area contributed by atoms with Crippen LogP contribution in [0.15, 0.2) is 30.3 Å². The first-order valence-electron chi connectivity index (χ1n) is 5.39. The normalized spacial score (nSPS) is 11.4. The predicted octanol–water partition coefficient (Wildman–Crippen LogP) is -0.595. The van der Waals surface area contributed by atoms with Gasteiger partial charge in [-0.15, -0.1) is 0 Å². The number of aliphatic hydroxyl groups is 1. The lowest BCUT2D eigenvalue weighted by molar-refractivity contribution is -0.157. The topological polar surface area (TPSA) is 113 Å². The zero-order valence-electron chi connectivity index (χ0n) is 9.91. The monoisotopic (exact) mass is 267 g/mol. The van der Waals surface area contributed by atoms with E-state index in [2.05, 4.69) is 10.1 Å². The molecule has 1 aromatic rings. The third-order valence-corrected chi connectivity index (χ3v) is 2.15. The van der Waals surface area contributed by atoms with E-state index < -0.39 is 37.1 Å². The summed E-state index contributed by atoms with van der Waals surface area (Å²) in [6.45, 7) is -1.51. The minimum atomic E-state index is -1.32. The highest BCUT2D eigenvalue weighted by Gasteiger charge is 2.22. The molecule has 7 nitrogen and oxygen atoms in total. The summed E-state index contributed by atoms with van der Waals surface area (Å²) in [4.78, 5) is 33.3. The lowest BCUT2D eigenvalue weighted by Gasteiger charge is -2.14. The average Bonchev–Trinajstić information content (AvgIpc) is 2.42. The van der Waals surface area contributed by atoms with Crippen LogP contribution in [0.25, 0.3) is 0 Å². The van der Waals surface area contributed by atoms with Crippen molar-refractivity contribution in [1.82, 2.24) is 5.32 Å². The highest BCUT2D eigenvalue weighted by atomic mass is 16.6. The molecule has 1 amide bonds. The Labute approximate surface area is 108 Å². The predicted molar refractivity (Wildman–Crippen MR) is 63.4 cm³/mol. The first-order valence-corrected chi connectivity index (χ1v) is 5.39. The summed E-state index contributed by atoms with van der Waals surface area (Å²) in [5, 5.41) is 19.6. The molecule has 7 heteroatoms.